The first-order valence-electron chi connectivity index (χ1n) is 5.47. The zero-order chi connectivity index (χ0) is 12.8. The molecule has 2 rings (SSSR count). The molecular weight excluding hydrogens is 240 g/mol. The maximum Gasteiger partial charge on any atom is 0.0998 e. The van der Waals surface area contributed by atoms with Gasteiger partial charge in [0, 0.05) is 0 Å². The summed E-state index contributed by atoms with van der Waals surface area (Å²) in [5.74, 6) is 0. The molecule has 18 heavy (non-hydrogen) atoms. The van der Waals surface area contributed by atoms with Gasteiger partial charge in [-0.3, -0.25) is 0 Å². The molecule has 0 heterocycles. The van der Waals surface area contributed by atoms with Crippen LogP contribution in [0, 0.1) is 11.3 Å². The molecule has 0 radical (unpaired) electrons. The lowest BCUT2D eigenvalue weighted by atomic mass is 9.99. The Balaban J connectivity index is 2.35. The number of nitriles is 1. The van der Waals surface area contributed by atoms with Gasteiger partial charge in [-0.15, -0.1) is 0 Å². The van der Waals surface area contributed by atoms with Crippen molar-refractivity contribution in [2.24, 2.45) is 4.99 Å². The summed E-state index contributed by atoms with van der Waals surface area (Å²) < 4.78 is 0. The van der Waals surface area contributed by atoms with Gasteiger partial charge in [-0.25, -0.2) is 4.99 Å². The van der Waals surface area contributed by atoms with Crippen LogP contribution in [0.15, 0.2) is 53.5 Å². The molecule has 0 spiro atoms. The molecule has 0 aliphatic heterocycles. The van der Waals surface area contributed by atoms with Crippen LogP contribution in [0.4, 0.5) is 0 Å². The van der Waals surface area contributed by atoms with E-state index in [1.165, 1.54) is 0 Å². The maximum absolute atomic E-state index is 9.07. The molecule has 86 valence electrons. The predicted molar refractivity (Wildman–Crippen MR) is 75.3 cm³/mol. The summed E-state index contributed by atoms with van der Waals surface area (Å²) in [6.07, 6.45) is 0. The van der Waals surface area contributed by atoms with Crippen LogP contribution in [0.5, 0.6) is 0 Å². The summed E-state index contributed by atoms with van der Waals surface area (Å²) in [7, 11) is 0. The van der Waals surface area contributed by atoms with E-state index in [2.05, 4.69) is 28.4 Å². The molecule has 0 aliphatic carbocycles. The second-order valence-corrected chi connectivity index (χ2v) is 3.94. The Morgan fingerprint density at radius 2 is 1.78 bits per heavy atom. The van der Waals surface area contributed by atoms with E-state index in [1.54, 1.807) is 0 Å². The van der Waals surface area contributed by atoms with Crippen molar-refractivity contribution in [2.45, 2.75) is 6.54 Å². The molecule has 0 atom stereocenters. The molecule has 0 unspecified atom stereocenters. The van der Waals surface area contributed by atoms with Crippen LogP contribution in [0.2, 0.25) is 0 Å². The van der Waals surface area contributed by atoms with Crippen LogP contribution in [0.25, 0.3) is 11.1 Å². The van der Waals surface area contributed by atoms with E-state index in [0.717, 1.165) is 16.7 Å². The van der Waals surface area contributed by atoms with Crippen molar-refractivity contribution in [1.29, 1.82) is 5.26 Å². The summed E-state index contributed by atoms with van der Waals surface area (Å²) >= 11 is 4.53. The van der Waals surface area contributed by atoms with Gasteiger partial charge in [0.1, 0.15) is 0 Å². The summed E-state index contributed by atoms with van der Waals surface area (Å²) in [4.78, 5) is 3.89. The molecule has 0 saturated carbocycles. The van der Waals surface area contributed by atoms with Crippen LogP contribution in [-0.4, -0.2) is 5.16 Å². The third-order valence-electron chi connectivity index (χ3n) is 2.64. The number of thiocarbonyl (C=S) groups is 1. The van der Waals surface area contributed by atoms with Gasteiger partial charge in [0.05, 0.1) is 23.3 Å². The standard InChI is InChI=1S/C15H10N2S/c16-9-14-3-1-2-4-15(14)13-7-5-12(6-8-13)10-17-11-18/h1-8H,10H2. The van der Waals surface area contributed by atoms with Gasteiger partial charge in [0.2, 0.25) is 0 Å². The number of rotatable bonds is 3. The lowest BCUT2D eigenvalue weighted by molar-refractivity contribution is 1.08. The lowest BCUT2D eigenvalue weighted by Crippen LogP contribution is -1.85. The summed E-state index contributed by atoms with van der Waals surface area (Å²) in [5.41, 5.74) is 3.74. The van der Waals surface area contributed by atoms with Crippen LogP contribution in [-0.2, 0) is 6.54 Å². The third kappa shape index (κ3) is 2.70. The predicted octanol–water partition coefficient (Wildman–Crippen LogP) is 3.83. The van der Waals surface area contributed by atoms with Gasteiger partial charge in [-0.05, 0) is 35.0 Å². The van der Waals surface area contributed by atoms with Crippen LogP contribution in [0.1, 0.15) is 11.1 Å². The Kier molecular flexibility index (Phi) is 3.98. The van der Waals surface area contributed by atoms with E-state index in [9.17, 15) is 0 Å². The largest absolute Gasteiger partial charge is 0.228 e. The number of hydrogen-bond donors (Lipinski definition) is 0. The Morgan fingerprint density at radius 1 is 1.06 bits per heavy atom. The second kappa shape index (κ2) is 5.88. The molecule has 2 aromatic rings. The molecule has 0 aromatic heterocycles. The fourth-order valence-electron chi connectivity index (χ4n) is 1.75. The number of hydrogen-bond acceptors (Lipinski definition) is 3. The normalized spacial score (nSPS) is 9.28. The highest BCUT2D eigenvalue weighted by molar-refractivity contribution is 7.78. The molecule has 0 bridgehead atoms. The average molecular weight is 250 g/mol. The van der Waals surface area contributed by atoms with E-state index < -0.39 is 0 Å². The minimum atomic E-state index is 0.545. The molecule has 0 aliphatic rings. The Bertz CT molecular complexity index is 632. The topological polar surface area (TPSA) is 36.1 Å². The van der Waals surface area contributed by atoms with E-state index in [1.807, 2.05) is 48.5 Å². The summed E-state index contributed by atoms with van der Waals surface area (Å²) in [6, 6.07) is 17.7. The van der Waals surface area contributed by atoms with Crippen LogP contribution >= 0.6 is 12.2 Å². The SMILES string of the molecule is N#Cc1ccccc1-c1ccc(CN=C=S)cc1. The first-order valence-corrected chi connectivity index (χ1v) is 5.88. The zero-order valence-corrected chi connectivity index (χ0v) is 10.4. The van der Waals surface area contributed by atoms with E-state index in [0.29, 0.717) is 12.1 Å². The van der Waals surface area contributed by atoms with Crippen molar-refractivity contribution < 1.29 is 0 Å². The molecule has 2 aromatic carbocycles. The van der Waals surface area contributed by atoms with Crippen molar-refractivity contribution >= 4 is 17.4 Å². The van der Waals surface area contributed by atoms with Crippen LogP contribution < -0.4 is 0 Å². The fourth-order valence-corrected chi connectivity index (χ4v) is 1.81. The maximum atomic E-state index is 9.07. The van der Waals surface area contributed by atoms with E-state index >= 15 is 0 Å². The van der Waals surface area contributed by atoms with Gasteiger partial charge < -0.3 is 0 Å². The fraction of sp³-hybridized carbons (Fsp3) is 0.0667. The Morgan fingerprint density at radius 3 is 2.44 bits per heavy atom. The Labute approximate surface area is 111 Å². The van der Waals surface area contributed by atoms with E-state index in [4.69, 9.17) is 5.26 Å². The van der Waals surface area contributed by atoms with Crippen molar-refractivity contribution in [3.8, 4) is 17.2 Å². The monoisotopic (exact) mass is 250 g/mol. The molecule has 0 fully saturated rings. The first-order chi connectivity index (χ1) is 8.85. The van der Waals surface area contributed by atoms with Gasteiger partial charge in [0.15, 0.2) is 0 Å². The molecule has 0 N–H and O–H groups in total. The number of benzene rings is 2. The molecule has 0 saturated heterocycles. The van der Waals surface area contributed by atoms with Crippen molar-refractivity contribution in [2.75, 3.05) is 0 Å². The first kappa shape index (κ1) is 12.2. The molecule has 3 heteroatoms. The minimum Gasteiger partial charge on any atom is -0.228 e. The lowest BCUT2D eigenvalue weighted by Gasteiger charge is -2.04. The smallest absolute Gasteiger partial charge is 0.0998 e. The van der Waals surface area contributed by atoms with E-state index in [-0.39, 0.29) is 0 Å². The van der Waals surface area contributed by atoms with Gasteiger partial charge in [-0.1, -0.05) is 42.5 Å². The zero-order valence-electron chi connectivity index (χ0n) is 9.63. The molecule has 2 nitrogen and oxygen atoms in total. The Hall–Kier alpha value is -2.27. The summed E-state index contributed by atoms with van der Waals surface area (Å²) in [5, 5.41) is 11.4. The number of isothiocyanates is 1. The van der Waals surface area contributed by atoms with Gasteiger partial charge in [0.25, 0.3) is 0 Å². The van der Waals surface area contributed by atoms with Crippen LogP contribution in [0.3, 0.4) is 0 Å². The van der Waals surface area contributed by atoms with Crippen molar-refractivity contribution in [3.63, 3.8) is 0 Å². The molecular formula is C15H10N2S. The van der Waals surface area contributed by atoms with Crippen molar-refractivity contribution in [1.82, 2.24) is 0 Å². The minimum absolute atomic E-state index is 0.545. The number of aliphatic imine (C=N–C) groups is 1. The third-order valence-corrected chi connectivity index (χ3v) is 2.77. The summed E-state index contributed by atoms with van der Waals surface area (Å²) in [6.45, 7) is 0.545. The van der Waals surface area contributed by atoms with Crippen molar-refractivity contribution in [3.05, 3.63) is 59.7 Å². The number of nitrogens with zero attached hydrogens (tertiary/aromatic N) is 2. The van der Waals surface area contributed by atoms with Gasteiger partial charge >= 0.3 is 0 Å². The second-order valence-electron chi connectivity index (χ2n) is 3.76. The average Bonchev–Trinajstić information content (AvgIpc) is 2.45. The quantitative estimate of drug-likeness (QED) is 0.613. The molecule has 0 amide bonds. The van der Waals surface area contributed by atoms with Gasteiger partial charge in [-0.2, -0.15) is 5.26 Å². The highest BCUT2D eigenvalue weighted by Gasteiger charge is 2.03. The highest BCUT2D eigenvalue weighted by atomic mass is 32.1. The highest BCUT2D eigenvalue weighted by Crippen LogP contribution is 2.23.